The SMILES string of the molecule is Cc1cc(N(C)CCC(C)O)c(Br)cc1[N+](=O)[O-]. The maximum Gasteiger partial charge on any atom is 0.273 e. The smallest absolute Gasteiger partial charge is 0.273 e. The van der Waals surface area contributed by atoms with Gasteiger partial charge in [0.25, 0.3) is 5.69 Å². The van der Waals surface area contributed by atoms with Crippen molar-refractivity contribution in [3.05, 3.63) is 32.3 Å². The molecule has 0 saturated heterocycles. The molecule has 1 rings (SSSR count). The fourth-order valence-electron chi connectivity index (χ4n) is 1.65. The number of hydrogen-bond acceptors (Lipinski definition) is 4. The highest BCUT2D eigenvalue weighted by atomic mass is 79.9. The number of nitro benzene ring substituents is 1. The summed E-state index contributed by atoms with van der Waals surface area (Å²) in [5.41, 5.74) is 1.62. The third kappa shape index (κ3) is 3.68. The van der Waals surface area contributed by atoms with Crippen LogP contribution in [-0.2, 0) is 0 Å². The molecule has 0 bridgehead atoms. The van der Waals surface area contributed by atoms with Crippen molar-refractivity contribution in [2.45, 2.75) is 26.4 Å². The lowest BCUT2D eigenvalue weighted by molar-refractivity contribution is -0.385. The highest BCUT2D eigenvalue weighted by Gasteiger charge is 2.16. The van der Waals surface area contributed by atoms with E-state index in [2.05, 4.69) is 15.9 Å². The number of benzene rings is 1. The number of aliphatic hydroxyl groups is 1. The van der Waals surface area contributed by atoms with Gasteiger partial charge in [0.05, 0.1) is 16.7 Å². The minimum atomic E-state index is -0.389. The molecule has 1 N–H and O–H groups in total. The van der Waals surface area contributed by atoms with Gasteiger partial charge in [-0.1, -0.05) is 0 Å². The summed E-state index contributed by atoms with van der Waals surface area (Å²) in [5, 5.41) is 20.1. The third-order valence-corrected chi connectivity index (χ3v) is 3.39. The molecule has 0 aliphatic rings. The Labute approximate surface area is 115 Å². The molecular formula is C12H17BrN2O3. The maximum atomic E-state index is 10.8. The van der Waals surface area contributed by atoms with Gasteiger partial charge in [0.1, 0.15) is 0 Å². The molecule has 1 unspecified atom stereocenters. The van der Waals surface area contributed by atoms with Crippen LogP contribution in [0.25, 0.3) is 0 Å². The first-order valence-electron chi connectivity index (χ1n) is 5.66. The Hall–Kier alpha value is -1.14. The summed E-state index contributed by atoms with van der Waals surface area (Å²) in [6.07, 6.45) is 0.296. The van der Waals surface area contributed by atoms with Crippen LogP contribution in [0.4, 0.5) is 11.4 Å². The molecule has 0 aliphatic heterocycles. The van der Waals surface area contributed by atoms with E-state index < -0.39 is 0 Å². The zero-order valence-corrected chi connectivity index (χ0v) is 12.3. The van der Waals surface area contributed by atoms with E-state index >= 15 is 0 Å². The molecule has 0 radical (unpaired) electrons. The van der Waals surface area contributed by atoms with E-state index in [0.717, 1.165) is 5.69 Å². The Balaban J connectivity index is 2.96. The van der Waals surface area contributed by atoms with E-state index in [4.69, 9.17) is 0 Å². The van der Waals surface area contributed by atoms with Crippen LogP contribution < -0.4 is 4.90 Å². The lowest BCUT2D eigenvalue weighted by atomic mass is 10.1. The predicted octanol–water partition coefficient (Wildman–Crippen LogP) is 2.87. The number of nitro groups is 1. The number of hydrogen-bond donors (Lipinski definition) is 1. The molecule has 0 aromatic heterocycles. The van der Waals surface area contributed by atoms with Crippen molar-refractivity contribution >= 4 is 27.3 Å². The largest absolute Gasteiger partial charge is 0.393 e. The molecule has 0 amide bonds. The van der Waals surface area contributed by atoms with E-state index in [1.807, 2.05) is 11.9 Å². The van der Waals surface area contributed by atoms with Gasteiger partial charge in [-0.05, 0) is 42.3 Å². The van der Waals surface area contributed by atoms with E-state index in [1.165, 1.54) is 6.07 Å². The molecule has 6 heteroatoms. The van der Waals surface area contributed by atoms with Crippen molar-refractivity contribution in [2.75, 3.05) is 18.5 Å². The number of aliphatic hydroxyl groups excluding tert-OH is 1. The normalized spacial score (nSPS) is 12.3. The number of nitrogens with zero attached hydrogens (tertiary/aromatic N) is 2. The van der Waals surface area contributed by atoms with Gasteiger partial charge >= 0.3 is 0 Å². The number of halogens is 1. The van der Waals surface area contributed by atoms with Gasteiger partial charge in [-0.3, -0.25) is 10.1 Å². The number of aryl methyl sites for hydroxylation is 1. The van der Waals surface area contributed by atoms with Crippen molar-refractivity contribution in [1.82, 2.24) is 0 Å². The summed E-state index contributed by atoms with van der Waals surface area (Å²) in [4.78, 5) is 12.4. The highest BCUT2D eigenvalue weighted by molar-refractivity contribution is 9.10. The number of rotatable bonds is 5. The van der Waals surface area contributed by atoms with Gasteiger partial charge in [0, 0.05) is 29.7 Å². The second-order valence-electron chi connectivity index (χ2n) is 4.41. The fourth-order valence-corrected chi connectivity index (χ4v) is 2.28. The summed E-state index contributed by atoms with van der Waals surface area (Å²) in [5.74, 6) is 0. The average molecular weight is 317 g/mol. The van der Waals surface area contributed by atoms with Crippen LogP contribution in [0.1, 0.15) is 18.9 Å². The first-order valence-corrected chi connectivity index (χ1v) is 6.46. The summed E-state index contributed by atoms with van der Waals surface area (Å²) in [6, 6.07) is 3.30. The molecule has 1 atom stereocenters. The van der Waals surface area contributed by atoms with Crippen LogP contribution in [-0.4, -0.2) is 29.7 Å². The zero-order chi connectivity index (χ0) is 13.9. The number of anilines is 1. The highest BCUT2D eigenvalue weighted by Crippen LogP contribution is 2.32. The van der Waals surface area contributed by atoms with Crippen LogP contribution in [0.5, 0.6) is 0 Å². The molecule has 18 heavy (non-hydrogen) atoms. The standard InChI is InChI=1S/C12H17BrN2O3/c1-8-6-12(14(3)5-4-9(2)16)10(13)7-11(8)15(17)18/h6-7,9,16H,4-5H2,1-3H3. The molecule has 0 spiro atoms. The Morgan fingerprint density at radius 2 is 2.17 bits per heavy atom. The lowest BCUT2D eigenvalue weighted by Gasteiger charge is -2.22. The lowest BCUT2D eigenvalue weighted by Crippen LogP contribution is -2.22. The molecule has 100 valence electrons. The Kier molecular flexibility index (Phi) is 5.10. The molecule has 1 aromatic rings. The quantitative estimate of drug-likeness (QED) is 0.670. The van der Waals surface area contributed by atoms with Gasteiger partial charge in [-0.2, -0.15) is 0 Å². The van der Waals surface area contributed by atoms with E-state index in [-0.39, 0.29) is 16.7 Å². The minimum absolute atomic E-state index is 0.106. The summed E-state index contributed by atoms with van der Waals surface area (Å²) >= 11 is 3.35. The Morgan fingerprint density at radius 3 is 2.67 bits per heavy atom. The van der Waals surface area contributed by atoms with Crippen molar-refractivity contribution in [1.29, 1.82) is 0 Å². The molecule has 0 saturated carbocycles. The van der Waals surface area contributed by atoms with Gasteiger partial charge in [-0.15, -0.1) is 0 Å². The zero-order valence-electron chi connectivity index (χ0n) is 10.7. The minimum Gasteiger partial charge on any atom is -0.393 e. The third-order valence-electron chi connectivity index (χ3n) is 2.76. The second-order valence-corrected chi connectivity index (χ2v) is 5.26. The molecular weight excluding hydrogens is 300 g/mol. The van der Waals surface area contributed by atoms with Crippen LogP contribution >= 0.6 is 15.9 Å². The molecule has 0 fully saturated rings. The Morgan fingerprint density at radius 1 is 1.56 bits per heavy atom. The van der Waals surface area contributed by atoms with Crippen molar-refractivity contribution in [3.63, 3.8) is 0 Å². The van der Waals surface area contributed by atoms with Gasteiger partial charge < -0.3 is 10.0 Å². The average Bonchev–Trinajstić information content (AvgIpc) is 2.28. The molecule has 0 aliphatic carbocycles. The Bertz CT molecular complexity index is 449. The summed E-state index contributed by atoms with van der Waals surface area (Å²) in [6.45, 7) is 4.15. The van der Waals surface area contributed by atoms with Gasteiger partial charge in [0.2, 0.25) is 0 Å². The monoisotopic (exact) mass is 316 g/mol. The van der Waals surface area contributed by atoms with Crippen LogP contribution in [0, 0.1) is 17.0 Å². The summed E-state index contributed by atoms with van der Waals surface area (Å²) in [7, 11) is 1.90. The van der Waals surface area contributed by atoms with Gasteiger partial charge in [0.15, 0.2) is 0 Å². The maximum absolute atomic E-state index is 10.8. The van der Waals surface area contributed by atoms with E-state index in [9.17, 15) is 15.2 Å². The fraction of sp³-hybridized carbons (Fsp3) is 0.500. The molecule has 1 aromatic carbocycles. The topological polar surface area (TPSA) is 66.6 Å². The van der Waals surface area contributed by atoms with E-state index in [1.54, 1.807) is 19.9 Å². The van der Waals surface area contributed by atoms with E-state index in [0.29, 0.717) is 23.0 Å². The van der Waals surface area contributed by atoms with Crippen molar-refractivity contribution < 1.29 is 10.0 Å². The first kappa shape index (κ1) is 14.9. The predicted molar refractivity (Wildman–Crippen MR) is 75.1 cm³/mol. The second kappa shape index (κ2) is 6.15. The first-order chi connectivity index (χ1) is 8.32. The molecule has 5 nitrogen and oxygen atoms in total. The molecule has 0 heterocycles. The van der Waals surface area contributed by atoms with Crippen LogP contribution in [0.3, 0.4) is 0 Å². The van der Waals surface area contributed by atoms with Gasteiger partial charge in [-0.25, -0.2) is 0 Å². The summed E-state index contributed by atoms with van der Waals surface area (Å²) < 4.78 is 0.688. The van der Waals surface area contributed by atoms with Crippen molar-refractivity contribution in [3.8, 4) is 0 Å². The van der Waals surface area contributed by atoms with Crippen molar-refractivity contribution in [2.24, 2.45) is 0 Å². The van der Waals surface area contributed by atoms with Crippen LogP contribution in [0.15, 0.2) is 16.6 Å². The van der Waals surface area contributed by atoms with Crippen LogP contribution in [0.2, 0.25) is 0 Å².